The van der Waals surface area contributed by atoms with E-state index in [2.05, 4.69) is 15.0 Å². The van der Waals surface area contributed by atoms with Crippen molar-refractivity contribution in [2.45, 2.75) is 13.3 Å². The van der Waals surface area contributed by atoms with Gasteiger partial charge in [0.15, 0.2) is 0 Å². The third kappa shape index (κ3) is 2.06. The fourth-order valence-electron chi connectivity index (χ4n) is 1.64. The Morgan fingerprint density at radius 3 is 3.00 bits per heavy atom. The molecule has 2 heterocycles. The third-order valence-electron chi connectivity index (χ3n) is 2.44. The van der Waals surface area contributed by atoms with Crippen LogP contribution in [-0.4, -0.2) is 15.0 Å². The minimum atomic E-state index is -0.153. The number of hydrogen-bond donors (Lipinski definition) is 1. The fourth-order valence-corrected chi connectivity index (χ4v) is 1.64. The minimum Gasteiger partial charge on any atom is -0.313 e. The van der Waals surface area contributed by atoms with Gasteiger partial charge in [0.05, 0.1) is 17.6 Å². The minimum absolute atomic E-state index is 0.153. The monoisotopic (exact) mass is 226 g/mol. The summed E-state index contributed by atoms with van der Waals surface area (Å²) in [5, 5.41) is 8.81. The normalized spacial score (nSPS) is 9.88. The van der Waals surface area contributed by atoms with Gasteiger partial charge < -0.3 is 4.98 Å². The first-order valence-corrected chi connectivity index (χ1v) is 5.18. The highest BCUT2D eigenvalue weighted by atomic mass is 16.1. The molecule has 0 unspecified atom stereocenters. The van der Waals surface area contributed by atoms with E-state index in [9.17, 15) is 4.79 Å². The van der Waals surface area contributed by atoms with E-state index in [1.165, 1.54) is 12.5 Å². The molecule has 0 bridgehead atoms. The summed E-state index contributed by atoms with van der Waals surface area (Å²) in [6.07, 6.45) is 5.01. The molecule has 0 aromatic carbocycles. The van der Waals surface area contributed by atoms with Crippen LogP contribution in [0.15, 0.2) is 29.6 Å². The van der Waals surface area contributed by atoms with Crippen LogP contribution in [0, 0.1) is 11.3 Å². The van der Waals surface area contributed by atoms with Gasteiger partial charge in [0.1, 0.15) is 6.07 Å². The molecule has 17 heavy (non-hydrogen) atoms. The first-order chi connectivity index (χ1) is 8.26. The van der Waals surface area contributed by atoms with Crippen molar-refractivity contribution < 1.29 is 0 Å². The molecule has 2 aromatic rings. The summed E-state index contributed by atoms with van der Waals surface area (Å²) in [6, 6.07) is 3.69. The lowest BCUT2D eigenvalue weighted by Crippen LogP contribution is -2.14. The molecule has 0 saturated heterocycles. The predicted octanol–water partition coefficient (Wildman–Crippen LogP) is 1.27. The number of hydrogen-bond acceptors (Lipinski definition) is 4. The molecule has 0 aliphatic heterocycles. The van der Waals surface area contributed by atoms with Crippen LogP contribution in [0.1, 0.15) is 18.1 Å². The van der Waals surface area contributed by atoms with E-state index in [0.717, 1.165) is 0 Å². The highest BCUT2D eigenvalue weighted by molar-refractivity contribution is 5.62. The molecule has 5 nitrogen and oxygen atoms in total. The van der Waals surface area contributed by atoms with Crippen LogP contribution in [0.25, 0.3) is 11.3 Å². The van der Waals surface area contributed by atoms with Crippen LogP contribution in [0.3, 0.4) is 0 Å². The summed E-state index contributed by atoms with van der Waals surface area (Å²) >= 11 is 0. The lowest BCUT2D eigenvalue weighted by Gasteiger charge is -2.04. The van der Waals surface area contributed by atoms with Gasteiger partial charge in [-0.05, 0) is 12.5 Å². The largest absolute Gasteiger partial charge is 0.313 e. The molecular weight excluding hydrogens is 216 g/mol. The number of nitrogens with one attached hydrogen (secondary N) is 1. The quantitative estimate of drug-likeness (QED) is 0.835. The molecule has 0 fully saturated rings. The van der Waals surface area contributed by atoms with Crippen molar-refractivity contribution in [3.63, 3.8) is 0 Å². The van der Waals surface area contributed by atoms with Crippen LogP contribution in [0.4, 0.5) is 0 Å². The van der Waals surface area contributed by atoms with Crippen molar-refractivity contribution >= 4 is 0 Å². The van der Waals surface area contributed by atoms with Gasteiger partial charge in [-0.2, -0.15) is 5.26 Å². The number of nitriles is 1. The number of rotatable bonds is 2. The Hall–Kier alpha value is -2.48. The third-order valence-corrected chi connectivity index (χ3v) is 2.44. The Morgan fingerprint density at radius 2 is 2.29 bits per heavy atom. The first-order valence-electron chi connectivity index (χ1n) is 5.18. The van der Waals surface area contributed by atoms with Crippen LogP contribution in [0.5, 0.6) is 0 Å². The van der Waals surface area contributed by atoms with Gasteiger partial charge in [0, 0.05) is 23.5 Å². The Labute approximate surface area is 97.8 Å². The maximum atomic E-state index is 11.6. The second-order valence-corrected chi connectivity index (χ2v) is 3.49. The molecule has 84 valence electrons. The van der Waals surface area contributed by atoms with Crippen LogP contribution in [0.2, 0.25) is 0 Å². The second-order valence-electron chi connectivity index (χ2n) is 3.49. The summed E-state index contributed by atoms with van der Waals surface area (Å²) < 4.78 is 0. The molecule has 0 radical (unpaired) electrons. The van der Waals surface area contributed by atoms with E-state index in [1.807, 2.05) is 13.0 Å². The zero-order valence-corrected chi connectivity index (χ0v) is 9.27. The molecule has 2 rings (SSSR count). The lowest BCUT2D eigenvalue weighted by molar-refractivity contribution is 1.01. The van der Waals surface area contributed by atoms with Crippen molar-refractivity contribution in [2.24, 2.45) is 0 Å². The SMILES string of the molecule is CCc1c(-c2cncc(C#N)c2)nc[nH]c1=O. The Bertz CT molecular complexity index is 639. The lowest BCUT2D eigenvalue weighted by atomic mass is 10.1. The van der Waals surface area contributed by atoms with Crippen molar-refractivity contribution in [2.75, 3.05) is 0 Å². The van der Waals surface area contributed by atoms with Crippen LogP contribution < -0.4 is 5.56 Å². The number of H-pyrrole nitrogens is 1. The van der Waals surface area contributed by atoms with Gasteiger partial charge in [-0.25, -0.2) is 4.98 Å². The Morgan fingerprint density at radius 1 is 1.47 bits per heavy atom. The molecule has 0 atom stereocenters. The first kappa shape index (κ1) is 11.0. The number of aromatic amines is 1. The molecular formula is C12H10N4O. The number of pyridine rings is 1. The molecule has 0 aliphatic rings. The summed E-state index contributed by atoms with van der Waals surface area (Å²) in [5.74, 6) is 0. The van der Waals surface area contributed by atoms with Crippen molar-refractivity contribution in [3.8, 4) is 17.3 Å². The standard InChI is InChI=1S/C12H10N4O/c1-2-10-11(15-7-16-12(10)17)9-3-8(4-13)5-14-6-9/h3,5-7H,2H2,1H3,(H,15,16,17). The second kappa shape index (κ2) is 4.58. The molecule has 0 saturated carbocycles. The molecule has 0 amide bonds. The van der Waals surface area contributed by atoms with Crippen LogP contribution in [-0.2, 0) is 6.42 Å². The highest BCUT2D eigenvalue weighted by Crippen LogP contribution is 2.18. The van der Waals surface area contributed by atoms with E-state index in [4.69, 9.17) is 5.26 Å². The van der Waals surface area contributed by atoms with Gasteiger partial charge in [-0.1, -0.05) is 6.92 Å². The van der Waals surface area contributed by atoms with E-state index < -0.39 is 0 Å². The average Bonchev–Trinajstić information content (AvgIpc) is 2.38. The Kier molecular flexibility index (Phi) is 2.97. The highest BCUT2D eigenvalue weighted by Gasteiger charge is 2.09. The molecule has 5 heteroatoms. The van der Waals surface area contributed by atoms with E-state index in [0.29, 0.717) is 28.8 Å². The summed E-state index contributed by atoms with van der Waals surface area (Å²) in [5.41, 5.74) is 2.17. The summed E-state index contributed by atoms with van der Waals surface area (Å²) in [6.45, 7) is 1.89. The molecule has 1 N–H and O–H groups in total. The molecule has 2 aromatic heterocycles. The van der Waals surface area contributed by atoms with Gasteiger partial charge >= 0.3 is 0 Å². The van der Waals surface area contributed by atoms with E-state index >= 15 is 0 Å². The zero-order valence-electron chi connectivity index (χ0n) is 9.27. The summed E-state index contributed by atoms with van der Waals surface area (Å²) in [4.78, 5) is 22.3. The summed E-state index contributed by atoms with van der Waals surface area (Å²) in [7, 11) is 0. The van der Waals surface area contributed by atoms with E-state index in [-0.39, 0.29) is 5.56 Å². The maximum absolute atomic E-state index is 11.6. The van der Waals surface area contributed by atoms with Crippen molar-refractivity contribution in [1.82, 2.24) is 15.0 Å². The zero-order chi connectivity index (χ0) is 12.3. The van der Waals surface area contributed by atoms with Crippen molar-refractivity contribution in [3.05, 3.63) is 46.3 Å². The van der Waals surface area contributed by atoms with E-state index in [1.54, 1.807) is 12.3 Å². The topological polar surface area (TPSA) is 82.4 Å². The number of aromatic nitrogens is 3. The van der Waals surface area contributed by atoms with Crippen molar-refractivity contribution in [1.29, 1.82) is 5.26 Å². The molecule has 0 aliphatic carbocycles. The predicted molar refractivity (Wildman–Crippen MR) is 62.2 cm³/mol. The average molecular weight is 226 g/mol. The number of nitrogens with zero attached hydrogens (tertiary/aromatic N) is 3. The van der Waals surface area contributed by atoms with Gasteiger partial charge in [-0.3, -0.25) is 9.78 Å². The van der Waals surface area contributed by atoms with Gasteiger partial charge in [0.25, 0.3) is 5.56 Å². The maximum Gasteiger partial charge on any atom is 0.254 e. The smallest absolute Gasteiger partial charge is 0.254 e. The fraction of sp³-hybridized carbons (Fsp3) is 0.167. The Balaban J connectivity index is 2.65. The van der Waals surface area contributed by atoms with Gasteiger partial charge in [0.2, 0.25) is 0 Å². The molecule has 0 spiro atoms. The van der Waals surface area contributed by atoms with Crippen LogP contribution >= 0.6 is 0 Å². The van der Waals surface area contributed by atoms with Gasteiger partial charge in [-0.15, -0.1) is 0 Å².